The van der Waals surface area contributed by atoms with E-state index in [-0.39, 0.29) is 17.7 Å². The first-order valence-corrected chi connectivity index (χ1v) is 6.12. The number of rotatable bonds is 4. The molecule has 3 unspecified atom stereocenters. The SMILES string of the molecule is CC1OCCC1(C)NCC(N)c1cnn(C)c1. The number of ether oxygens (including phenoxy) is 1. The van der Waals surface area contributed by atoms with Gasteiger partial charge in [0.05, 0.1) is 12.3 Å². The average Bonchev–Trinajstić information content (AvgIpc) is 2.84. The van der Waals surface area contributed by atoms with Crippen molar-refractivity contribution in [1.82, 2.24) is 15.1 Å². The number of nitrogens with one attached hydrogen (secondary N) is 1. The number of hydrogen-bond acceptors (Lipinski definition) is 4. The Balaban J connectivity index is 1.90. The van der Waals surface area contributed by atoms with E-state index in [4.69, 9.17) is 10.5 Å². The van der Waals surface area contributed by atoms with Crippen molar-refractivity contribution >= 4 is 0 Å². The Kier molecular flexibility index (Phi) is 3.51. The fourth-order valence-corrected chi connectivity index (χ4v) is 2.16. The van der Waals surface area contributed by atoms with Gasteiger partial charge in [0, 0.05) is 43.5 Å². The molecule has 0 amide bonds. The third-order valence-electron chi connectivity index (χ3n) is 3.77. The monoisotopic (exact) mass is 238 g/mol. The molecule has 96 valence electrons. The first-order valence-electron chi connectivity index (χ1n) is 6.12. The Labute approximate surface area is 102 Å². The molecule has 1 saturated heterocycles. The number of hydrogen-bond donors (Lipinski definition) is 2. The fourth-order valence-electron chi connectivity index (χ4n) is 2.16. The molecule has 0 aromatic carbocycles. The van der Waals surface area contributed by atoms with Gasteiger partial charge >= 0.3 is 0 Å². The number of nitrogens with zero attached hydrogens (tertiary/aromatic N) is 2. The summed E-state index contributed by atoms with van der Waals surface area (Å²) in [7, 11) is 1.90. The van der Waals surface area contributed by atoms with Crippen molar-refractivity contribution in [2.75, 3.05) is 13.2 Å². The smallest absolute Gasteiger partial charge is 0.0726 e. The van der Waals surface area contributed by atoms with Crippen molar-refractivity contribution < 1.29 is 4.74 Å². The summed E-state index contributed by atoms with van der Waals surface area (Å²) >= 11 is 0. The molecule has 5 heteroatoms. The number of aromatic nitrogens is 2. The molecule has 0 aliphatic carbocycles. The van der Waals surface area contributed by atoms with Gasteiger partial charge in [0.25, 0.3) is 0 Å². The van der Waals surface area contributed by atoms with Gasteiger partial charge in [0.2, 0.25) is 0 Å². The molecule has 5 nitrogen and oxygen atoms in total. The second kappa shape index (κ2) is 4.76. The largest absolute Gasteiger partial charge is 0.377 e. The third-order valence-corrected chi connectivity index (χ3v) is 3.77. The van der Waals surface area contributed by atoms with Crippen LogP contribution in [-0.4, -0.2) is 34.6 Å². The maximum absolute atomic E-state index is 6.13. The lowest BCUT2D eigenvalue weighted by atomic mass is 9.94. The quantitative estimate of drug-likeness (QED) is 0.805. The Bertz CT molecular complexity index is 378. The predicted octanol–water partition coefficient (Wildman–Crippen LogP) is 0.577. The molecule has 1 fully saturated rings. The molecule has 2 heterocycles. The molecule has 1 aromatic rings. The van der Waals surface area contributed by atoms with Crippen LogP contribution in [0.4, 0.5) is 0 Å². The zero-order valence-electron chi connectivity index (χ0n) is 10.8. The van der Waals surface area contributed by atoms with Gasteiger partial charge in [-0.15, -0.1) is 0 Å². The van der Waals surface area contributed by atoms with Crippen LogP contribution in [0.3, 0.4) is 0 Å². The Hall–Kier alpha value is -0.910. The lowest BCUT2D eigenvalue weighted by Gasteiger charge is -2.30. The molecule has 3 N–H and O–H groups in total. The number of nitrogens with two attached hydrogens (primary N) is 1. The van der Waals surface area contributed by atoms with E-state index < -0.39 is 0 Å². The molecule has 1 aliphatic rings. The van der Waals surface area contributed by atoms with Crippen LogP contribution in [-0.2, 0) is 11.8 Å². The minimum Gasteiger partial charge on any atom is -0.377 e. The molecule has 0 radical (unpaired) electrons. The van der Waals surface area contributed by atoms with Crippen molar-refractivity contribution in [2.45, 2.75) is 38.0 Å². The van der Waals surface area contributed by atoms with Crippen molar-refractivity contribution in [2.24, 2.45) is 12.8 Å². The molecule has 2 rings (SSSR count). The van der Waals surface area contributed by atoms with Crippen LogP contribution in [0, 0.1) is 0 Å². The van der Waals surface area contributed by atoms with E-state index >= 15 is 0 Å². The third kappa shape index (κ3) is 2.68. The number of aryl methyl sites for hydroxylation is 1. The van der Waals surface area contributed by atoms with E-state index in [0.717, 1.165) is 25.1 Å². The summed E-state index contributed by atoms with van der Waals surface area (Å²) in [4.78, 5) is 0. The molecule has 1 aromatic heterocycles. The van der Waals surface area contributed by atoms with Crippen molar-refractivity contribution in [1.29, 1.82) is 0 Å². The maximum atomic E-state index is 6.13. The van der Waals surface area contributed by atoms with E-state index in [1.165, 1.54) is 0 Å². The standard InChI is InChI=1S/C12H22N4O/c1-9-12(2,4-5-17-9)14-7-11(13)10-6-15-16(3)8-10/h6,8-9,11,14H,4-5,7,13H2,1-3H3. The highest BCUT2D eigenvalue weighted by atomic mass is 16.5. The summed E-state index contributed by atoms with van der Waals surface area (Å²) in [6.07, 6.45) is 5.06. The zero-order valence-corrected chi connectivity index (χ0v) is 10.8. The molecule has 0 saturated carbocycles. The summed E-state index contributed by atoms with van der Waals surface area (Å²) in [6.45, 7) is 5.87. The Morgan fingerprint density at radius 2 is 2.53 bits per heavy atom. The van der Waals surface area contributed by atoms with E-state index in [1.54, 1.807) is 4.68 Å². The second-order valence-corrected chi connectivity index (χ2v) is 5.12. The van der Waals surface area contributed by atoms with Crippen LogP contribution in [0.2, 0.25) is 0 Å². The van der Waals surface area contributed by atoms with Crippen LogP contribution < -0.4 is 11.1 Å². The molecule has 3 atom stereocenters. The normalized spacial score (nSPS) is 30.7. The fraction of sp³-hybridized carbons (Fsp3) is 0.750. The van der Waals surface area contributed by atoms with Gasteiger partial charge in [-0.2, -0.15) is 5.10 Å². The van der Waals surface area contributed by atoms with Crippen molar-refractivity contribution in [3.05, 3.63) is 18.0 Å². The minimum absolute atomic E-state index is 0.0201. The van der Waals surface area contributed by atoms with Crippen LogP contribution in [0.15, 0.2) is 12.4 Å². The summed E-state index contributed by atoms with van der Waals surface area (Å²) in [5.74, 6) is 0. The van der Waals surface area contributed by atoms with Gasteiger partial charge in [0.15, 0.2) is 0 Å². The molecular weight excluding hydrogens is 216 g/mol. The molecule has 17 heavy (non-hydrogen) atoms. The predicted molar refractivity (Wildman–Crippen MR) is 66.6 cm³/mol. The lowest BCUT2D eigenvalue weighted by Crippen LogP contribution is -2.49. The van der Waals surface area contributed by atoms with Crippen LogP contribution >= 0.6 is 0 Å². The van der Waals surface area contributed by atoms with E-state index in [0.29, 0.717) is 0 Å². The van der Waals surface area contributed by atoms with Gasteiger partial charge in [-0.1, -0.05) is 0 Å². The molecular formula is C12H22N4O. The van der Waals surface area contributed by atoms with Crippen molar-refractivity contribution in [3.63, 3.8) is 0 Å². The summed E-state index contributed by atoms with van der Waals surface area (Å²) in [6, 6.07) is -0.0201. The van der Waals surface area contributed by atoms with Gasteiger partial charge in [-0.25, -0.2) is 0 Å². The molecule has 0 bridgehead atoms. The second-order valence-electron chi connectivity index (χ2n) is 5.12. The Morgan fingerprint density at radius 3 is 3.06 bits per heavy atom. The summed E-state index contributed by atoms with van der Waals surface area (Å²) < 4.78 is 7.37. The highest BCUT2D eigenvalue weighted by Crippen LogP contribution is 2.25. The van der Waals surface area contributed by atoms with E-state index in [2.05, 4.69) is 24.3 Å². The Morgan fingerprint density at radius 1 is 1.76 bits per heavy atom. The van der Waals surface area contributed by atoms with E-state index in [1.807, 2.05) is 19.4 Å². The maximum Gasteiger partial charge on any atom is 0.0726 e. The molecule has 1 aliphatic heterocycles. The summed E-state index contributed by atoms with van der Waals surface area (Å²) in [5, 5.41) is 7.66. The summed E-state index contributed by atoms with van der Waals surface area (Å²) in [5.41, 5.74) is 7.24. The van der Waals surface area contributed by atoms with Gasteiger partial charge in [-0.05, 0) is 20.3 Å². The van der Waals surface area contributed by atoms with Crippen LogP contribution in [0.1, 0.15) is 31.9 Å². The topological polar surface area (TPSA) is 65.1 Å². The first kappa shape index (κ1) is 12.5. The lowest BCUT2D eigenvalue weighted by molar-refractivity contribution is 0.0882. The average molecular weight is 238 g/mol. The van der Waals surface area contributed by atoms with Crippen molar-refractivity contribution in [3.8, 4) is 0 Å². The first-order chi connectivity index (χ1) is 8.01. The highest BCUT2D eigenvalue weighted by molar-refractivity contribution is 5.10. The minimum atomic E-state index is -0.0201. The van der Waals surface area contributed by atoms with Gasteiger partial charge in [0.1, 0.15) is 0 Å². The van der Waals surface area contributed by atoms with Crippen LogP contribution in [0.25, 0.3) is 0 Å². The van der Waals surface area contributed by atoms with Gasteiger partial charge < -0.3 is 15.8 Å². The highest BCUT2D eigenvalue weighted by Gasteiger charge is 2.36. The molecule has 0 spiro atoms. The van der Waals surface area contributed by atoms with E-state index in [9.17, 15) is 0 Å². The zero-order chi connectivity index (χ0) is 12.5. The van der Waals surface area contributed by atoms with Gasteiger partial charge in [-0.3, -0.25) is 4.68 Å². The van der Waals surface area contributed by atoms with Crippen LogP contribution in [0.5, 0.6) is 0 Å².